The van der Waals surface area contributed by atoms with Crippen molar-refractivity contribution in [3.8, 4) is 11.1 Å². The maximum Gasteiger partial charge on any atom is 0.255 e. The van der Waals surface area contributed by atoms with Gasteiger partial charge in [0.25, 0.3) is 5.91 Å². The van der Waals surface area contributed by atoms with Gasteiger partial charge in [0.1, 0.15) is 6.17 Å². The first-order valence-corrected chi connectivity index (χ1v) is 12.0. The van der Waals surface area contributed by atoms with Crippen LogP contribution in [-0.4, -0.2) is 25.0 Å². The quantitative estimate of drug-likeness (QED) is 0.432. The highest BCUT2D eigenvalue weighted by Crippen LogP contribution is 2.29. The minimum Gasteiger partial charge on any atom is -0.368 e. The lowest BCUT2D eigenvalue weighted by Crippen LogP contribution is -2.48. The second-order valence-corrected chi connectivity index (χ2v) is 9.29. The average Bonchev–Trinajstić information content (AvgIpc) is 3.71. The Morgan fingerprint density at radius 1 is 0.971 bits per heavy atom. The van der Waals surface area contributed by atoms with Crippen LogP contribution in [0.3, 0.4) is 0 Å². The fourth-order valence-corrected chi connectivity index (χ4v) is 4.32. The number of rotatable bonds is 7. The normalized spacial score (nSPS) is 16.2. The molecule has 1 aliphatic heterocycles. The van der Waals surface area contributed by atoms with Crippen molar-refractivity contribution in [3.63, 3.8) is 0 Å². The smallest absolute Gasteiger partial charge is 0.255 e. The van der Waals surface area contributed by atoms with Crippen LogP contribution < -0.4 is 31.7 Å². The van der Waals surface area contributed by atoms with E-state index < -0.39 is 0 Å². The van der Waals surface area contributed by atoms with Gasteiger partial charge in [-0.05, 0) is 95.9 Å². The summed E-state index contributed by atoms with van der Waals surface area (Å²) in [5, 5.41) is 14.6. The fourth-order valence-electron chi connectivity index (χ4n) is 4.32. The molecule has 0 bridgehead atoms. The Balaban J connectivity index is 1.34. The van der Waals surface area contributed by atoms with Crippen molar-refractivity contribution >= 4 is 29.8 Å². The zero-order valence-corrected chi connectivity index (χ0v) is 20.0. The van der Waals surface area contributed by atoms with Gasteiger partial charge in [-0.3, -0.25) is 9.59 Å². The minimum atomic E-state index is -0.186. The largest absolute Gasteiger partial charge is 0.368 e. The van der Waals surface area contributed by atoms with E-state index in [0.29, 0.717) is 5.56 Å². The zero-order chi connectivity index (χ0) is 24.4. The van der Waals surface area contributed by atoms with Gasteiger partial charge in [-0.2, -0.15) is 0 Å². The van der Waals surface area contributed by atoms with Crippen molar-refractivity contribution in [2.45, 2.75) is 32.5 Å². The monoisotopic (exact) mass is 466 g/mol. The molecule has 1 saturated carbocycles. The molecule has 1 aliphatic carbocycles. The van der Waals surface area contributed by atoms with Crippen molar-refractivity contribution in [1.82, 2.24) is 16.0 Å². The maximum atomic E-state index is 12.8. The fraction of sp³-hybridized carbons (Fsp3) is 0.241. The van der Waals surface area contributed by atoms with E-state index in [1.165, 1.54) is 0 Å². The molecule has 3 aromatic carbocycles. The molecule has 1 atom stereocenters. The predicted octanol–water partition coefficient (Wildman–Crippen LogP) is 2.61. The molecule has 6 nitrogen and oxygen atoms in total. The summed E-state index contributed by atoms with van der Waals surface area (Å²) >= 11 is 0. The van der Waals surface area contributed by atoms with E-state index in [4.69, 9.17) is 0 Å². The number of nitrogens with one attached hydrogen (secondary N) is 4. The first-order chi connectivity index (χ1) is 17.0. The third-order valence-electron chi connectivity index (χ3n) is 6.50. The number of anilines is 1. The summed E-state index contributed by atoms with van der Waals surface area (Å²) in [6, 6.07) is 19.9. The topological polar surface area (TPSA) is 82.3 Å². The van der Waals surface area contributed by atoms with Gasteiger partial charge in [0, 0.05) is 29.9 Å². The molecule has 1 fully saturated rings. The number of hydrogen-bond acceptors (Lipinski definition) is 4. The van der Waals surface area contributed by atoms with Gasteiger partial charge >= 0.3 is 0 Å². The Morgan fingerprint density at radius 3 is 2.51 bits per heavy atom. The Morgan fingerprint density at radius 2 is 1.77 bits per heavy atom. The lowest BCUT2D eigenvalue weighted by molar-refractivity contribution is -0.122. The molecule has 2 amide bonds. The molecule has 35 heavy (non-hydrogen) atoms. The summed E-state index contributed by atoms with van der Waals surface area (Å²) in [4.78, 5) is 24.9. The van der Waals surface area contributed by atoms with E-state index in [1.54, 1.807) is 0 Å². The van der Waals surface area contributed by atoms with Gasteiger partial charge in [-0.15, -0.1) is 0 Å². The number of fused-ring (bicyclic) bond motifs is 1. The SMILES string of the molecule is CNCc1ccc(C(=O)Nc2ccc(C)c(-c3ccc4c(c3)=CNC(NC(=O)C3CC3)C=4)c2)cc1. The van der Waals surface area contributed by atoms with E-state index in [1.807, 2.05) is 61.8 Å². The molecule has 1 unspecified atom stereocenters. The minimum absolute atomic E-state index is 0.121. The number of benzene rings is 3. The second kappa shape index (κ2) is 9.76. The zero-order valence-electron chi connectivity index (χ0n) is 20.0. The molecular formula is C29H30N4O2. The second-order valence-electron chi connectivity index (χ2n) is 9.29. The van der Waals surface area contributed by atoms with Crippen LogP contribution in [0.5, 0.6) is 0 Å². The van der Waals surface area contributed by atoms with E-state index in [2.05, 4.69) is 46.4 Å². The number of carbonyl (C=O) groups is 2. The van der Waals surface area contributed by atoms with Crippen LogP contribution in [0.1, 0.15) is 34.3 Å². The van der Waals surface area contributed by atoms with Gasteiger partial charge in [0.2, 0.25) is 5.91 Å². The standard InChI is InChI=1S/C29H30N4O2/c1-18-3-12-25(32-28(34)20-6-4-19(5-7-20)16-30-2)15-26(18)23-11-10-22-14-27(31-17-24(22)13-23)33-29(35)21-8-9-21/h3-7,10-15,17,21,27,30-31H,8-9,16H2,1-2H3,(H,32,34)(H,33,35). The predicted molar refractivity (Wildman–Crippen MR) is 140 cm³/mol. The molecule has 2 aliphatic rings. The molecule has 0 saturated heterocycles. The Hall–Kier alpha value is -3.90. The van der Waals surface area contributed by atoms with Crippen LogP contribution in [0.25, 0.3) is 23.4 Å². The third-order valence-corrected chi connectivity index (χ3v) is 6.50. The van der Waals surface area contributed by atoms with Crippen LogP contribution in [0.2, 0.25) is 0 Å². The average molecular weight is 467 g/mol. The van der Waals surface area contributed by atoms with E-state index in [0.717, 1.165) is 57.8 Å². The van der Waals surface area contributed by atoms with Gasteiger partial charge in [-0.25, -0.2) is 0 Å². The summed E-state index contributed by atoms with van der Waals surface area (Å²) in [6.07, 6.45) is 5.79. The molecule has 3 aromatic rings. The van der Waals surface area contributed by atoms with Gasteiger partial charge < -0.3 is 21.3 Å². The van der Waals surface area contributed by atoms with Crippen molar-refractivity contribution in [2.75, 3.05) is 12.4 Å². The van der Waals surface area contributed by atoms with Gasteiger partial charge in [0.05, 0.1) is 0 Å². The lowest BCUT2D eigenvalue weighted by Gasteiger charge is -2.19. The van der Waals surface area contributed by atoms with Crippen molar-refractivity contribution in [3.05, 3.63) is 87.8 Å². The number of carbonyl (C=O) groups excluding carboxylic acids is 2. The summed E-state index contributed by atoms with van der Waals surface area (Å²) < 4.78 is 0. The van der Waals surface area contributed by atoms with Crippen molar-refractivity contribution in [1.29, 1.82) is 0 Å². The lowest BCUT2D eigenvalue weighted by atomic mass is 9.98. The van der Waals surface area contributed by atoms with Crippen LogP contribution in [0.4, 0.5) is 5.69 Å². The summed E-state index contributed by atoms with van der Waals surface area (Å²) in [6.45, 7) is 2.84. The van der Waals surface area contributed by atoms with Crippen LogP contribution in [0.15, 0.2) is 60.7 Å². The molecule has 178 valence electrons. The highest BCUT2D eigenvalue weighted by Gasteiger charge is 2.30. The molecule has 0 radical (unpaired) electrons. The highest BCUT2D eigenvalue weighted by molar-refractivity contribution is 6.04. The summed E-state index contributed by atoms with van der Waals surface area (Å²) in [5.41, 5.74) is 5.77. The van der Waals surface area contributed by atoms with Gasteiger partial charge in [0.15, 0.2) is 0 Å². The van der Waals surface area contributed by atoms with Crippen molar-refractivity contribution in [2.24, 2.45) is 5.92 Å². The molecule has 1 heterocycles. The number of amides is 2. The third kappa shape index (κ3) is 5.28. The first kappa shape index (κ1) is 22.9. The number of aryl methyl sites for hydroxylation is 1. The Kier molecular flexibility index (Phi) is 6.38. The Labute approximate surface area is 205 Å². The number of hydrogen-bond donors (Lipinski definition) is 4. The summed E-state index contributed by atoms with van der Waals surface area (Å²) in [7, 11) is 1.90. The Bertz CT molecular complexity index is 1390. The molecule has 4 N–H and O–H groups in total. The van der Waals surface area contributed by atoms with Gasteiger partial charge in [-0.1, -0.05) is 30.3 Å². The first-order valence-electron chi connectivity index (χ1n) is 12.0. The van der Waals surface area contributed by atoms with Crippen LogP contribution in [0, 0.1) is 12.8 Å². The van der Waals surface area contributed by atoms with Crippen molar-refractivity contribution < 1.29 is 9.59 Å². The molecule has 0 spiro atoms. The van der Waals surface area contributed by atoms with Crippen LogP contribution in [-0.2, 0) is 11.3 Å². The maximum absolute atomic E-state index is 12.8. The van der Waals surface area contributed by atoms with E-state index >= 15 is 0 Å². The highest BCUT2D eigenvalue weighted by atomic mass is 16.2. The summed E-state index contributed by atoms with van der Waals surface area (Å²) in [5.74, 6) is 0.172. The molecule has 6 heteroatoms. The molecular weight excluding hydrogens is 436 g/mol. The van der Waals surface area contributed by atoms with Crippen LogP contribution >= 0.6 is 0 Å². The molecule has 5 rings (SSSR count). The van der Waals surface area contributed by atoms with E-state index in [-0.39, 0.29) is 23.9 Å². The van der Waals surface area contributed by atoms with E-state index in [9.17, 15) is 9.59 Å². The molecule has 0 aromatic heterocycles.